The van der Waals surface area contributed by atoms with Crippen molar-refractivity contribution in [1.82, 2.24) is 23.8 Å². The van der Waals surface area contributed by atoms with E-state index in [0.29, 0.717) is 23.3 Å². The molecule has 1 aliphatic heterocycles. The lowest BCUT2D eigenvalue weighted by Crippen LogP contribution is -2.60. The van der Waals surface area contributed by atoms with Crippen LogP contribution in [0.15, 0.2) is 53.8 Å². The number of rotatable bonds is 4. The van der Waals surface area contributed by atoms with Gasteiger partial charge in [0.1, 0.15) is 18.0 Å². The minimum Gasteiger partial charge on any atom is -0.335 e. The average Bonchev–Trinajstić information content (AvgIpc) is 3.37. The molecule has 3 aromatic heterocycles. The molecule has 0 radical (unpaired) electrons. The van der Waals surface area contributed by atoms with Crippen LogP contribution in [0.25, 0.3) is 27.7 Å². The summed E-state index contributed by atoms with van der Waals surface area (Å²) in [4.78, 5) is 27.4. The second kappa shape index (κ2) is 8.04. The van der Waals surface area contributed by atoms with E-state index in [9.17, 15) is 31.5 Å². The molecule has 1 aliphatic rings. The van der Waals surface area contributed by atoms with Gasteiger partial charge in [-0.25, -0.2) is 8.78 Å². The highest BCUT2D eigenvalue weighted by molar-refractivity contribution is 5.96. The first-order valence-corrected chi connectivity index (χ1v) is 10.9. The number of pyridine rings is 1. The maximum absolute atomic E-state index is 14.0. The minimum absolute atomic E-state index is 0.0199. The normalized spacial score (nSPS) is 15.4. The summed E-state index contributed by atoms with van der Waals surface area (Å²) >= 11 is 0. The topological polar surface area (TPSA) is 65.1 Å². The van der Waals surface area contributed by atoms with Crippen LogP contribution in [0, 0.1) is 5.82 Å². The molecule has 1 saturated heterocycles. The molecule has 188 valence electrons. The van der Waals surface area contributed by atoms with Crippen LogP contribution >= 0.6 is 0 Å². The Hall–Kier alpha value is -3.96. The zero-order chi connectivity index (χ0) is 26.0. The highest BCUT2D eigenvalue weighted by atomic mass is 19.4. The van der Waals surface area contributed by atoms with Crippen molar-refractivity contribution in [2.75, 3.05) is 13.1 Å². The zero-order valence-corrected chi connectivity index (χ0v) is 19.2. The van der Waals surface area contributed by atoms with E-state index >= 15 is 0 Å². The van der Waals surface area contributed by atoms with Gasteiger partial charge in [0.05, 0.1) is 41.4 Å². The predicted octanol–water partition coefficient (Wildman–Crippen LogP) is 3.92. The summed E-state index contributed by atoms with van der Waals surface area (Å²) in [6, 6.07) is 4.08. The molecule has 1 amide bonds. The van der Waals surface area contributed by atoms with Gasteiger partial charge in [0.25, 0.3) is 5.56 Å². The summed E-state index contributed by atoms with van der Waals surface area (Å²) in [5, 5.41) is 4.15. The van der Waals surface area contributed by atoms with E-state index in [1.807, 2.05) is 0 Å². The Labute approximate surface area is 201 Å². The molecule has 1 fully saturated rings. The van der Waals surface area contributed by atoms with Gasteiger partial charge in [-0.3, -0.25) is 14.3 Å². The molecule has 1 aromatic carbocycles. The van der Waals surface area contributed by atoms with Gasteiger partial charge in [-0.2, -0.15) is 18.3 Å². The van der Waals surface area contributed by atoms with Crippen molar-refractivity contribution in [3.8, 4) is 16.8 Å². The zero-order valence-electron chi connectivity index (χ0n) is 19.2. The number of benzene rings is 1. The number of halogens is 5. The summed E-state index contributed by atoms with van der Waals surface area (Å²) in [6.45, 7) is 0.850. The summed E-state index contributed by atoms with van der Waals surface area (Å²) in [5.41, 5.74) is -2.54. The fraction of sp³-hybridized carbons (Fsp3) is 0.292. The van der Waals surface area contributed by atoms with E-state index in [0.717, 1.165) is 10.6 Å². The van der Waals surface area contributed by atoms with Crippen molar-refractivity contribution in [3.05, 3.63) is 70.8 Å². The Kier molecular flexibility index (Phi) is 5.31. The first kappa shape index (κ1) is 23.8. The number of carbonyl (C=O) groups excluding carboxylic acids is 1. The van der Waals surface area contributed by atoms with Gasteiger partial charge in [0.15, 0.2) is 0 Å². The monoisotopic (exact) mass is 505 g/mol. The SMILES string of the molecule is Cn1cc(-n2cc(-c3ccc(F)c(C(F)(F)F)c3)c3c(=O)n(CC(=O)N4CC(C)(F)C4)ccc32)cn1. The van der Waals surface area contributed by atoms with Gasteiger partial charge in [0, 0.05) is 31.2 Å². The number of alkyl halides is 4. The predicted molar refractivity (Wildman–Crippen MR) is 121 cm³/mol. The van der Waals surface area contributed by atoms with Crippen LogP contribution in [0.4, 0.5) is 22.0 Å². The second-order valence-electron chi connectivity index (χ2n) is 9.15. The van der Waals surface area contributed by atoms with E-state index < -0.39 is 34.7 Å². The van der Waals surface area contributed by atoms with Crippen molar-refractivity contribution < 1.29 is 26.7 Å². The van der Waals surface area contributed by atoms with Crippen molar-refractivity contribution in [2.24, 2.45) is 7.05 Å². The van der Waals surface area contributed by atoms with E-state index in [1.54, 1.807) is 23.9 Å². The molecule has 12 heteroatoms. The van der Waals surface area contributed by atoms with Crippen molar-refractivity contribution in [3.63, 3.8) is 0 Å². The van der Waals surface area contributed by atoms with Crippen LogP contribution in [0.1, 0.15) is 12.5 Å². The number of aryl methyl sites for hydroxylation is 1. The number of likely N-dealkylation sites (tertiary alicyclic amines) is 1. The molecule has 0 saturated carbocycles. The lowest BCUT2D eigenvalue weighted by molar-refractivity contribution is -0.144. The van der Waals surface area contributed by atoms with Gasteiger partial charge >= 0.3 is 6.18 Å². The lowest BCUT2D eigenvalue weighted by atomic mass is 9.99. The van der Waals surface area contributed by atoms with Crippen LogP contribution in [-0.2, 0) is 24.6 Å². The molecule has 4 aromatic rings. The van der Waals surface area contributed by atoms with Gasteiger partial charge in [-0.1, -0.05) is 6.07 Å². The molecule has 0 atom stereocenters. The third-order valence-electron chi connectivity index (χ3n) is 6.18. The van der Waals surface area contributed by atoms with Crippen molar-refractivity contribution in [1.29, 1.82) is 0 Å². The van der Waals surface area contributed by atoms with Gasteiger partial charge in [-0.05, 0) is 30.7 Å². The number of amides is 1. The molecular weight excluding hydrogens is 485 g/mol. The smallest absolute Gasteiger partial charge is 0.335 e. The molecule has 0 spiro atoms. The van der Waals surface area contributed by atoms with E-state index in [1.165, 1.54) is 35.1 Å². The maximum atomic E-state index is 14.0. The number of fused-ring (bicyclic) bond motifs is 1. The molecular formula is C24H20F5N5O2. The quantitative estimate of drug-likeness (QED) is 0.395. The Morgan fingerprint density at radius 1 is 1.17 bits per heavy atom. The Balaban J connectivity index is 1.67. The molecule has 0 aliphatic carbocycles. The first-order chi connectivity index (χ1) is 16.8. The van der Waals surface area contributed by atoms with Crippen LogP contribution in [0.5, 0.6) is 0 Å². The molecule has 36 heavy (non-hydrogen) atoms. The number of hydrogen-bond acceptors (Lipinski definition) is 3. The average molecular weight is 505 g/mol. The number of nitrogens with zero attached hydrogens (tertiary/aromatic N) is 5. The van der Waals surface area contributed by atoms with E-state index in [2.05, 4.69) is 5.10 Å². The lowest BCUT2D eigenvalue weighted by Gasteiger charge is -2.42. The summed E-state index contributed by atoms with van der Waals surface area (Å²) < 4.78 is 72.2. The van der Waals surface area contributed by atoms with Crippen LogP contribution < -0.4 is 5.56 Å². The molecule has 0 N–H and O–H groups in total. The highest BCUT2D eigenvalue weighted by Gasteiger charge is 2.41. The van der Waals surface area contributed by atoms with E-state index in [-0.39, 0.29) is 36.1 Å². The number of aromatic nitrogens is 4. The molecule has 0 unspecified atom stereocenters. The summed E-state index contributed by atoms with van der Waals surface area (Å²) in [7, 11) is 1.68. The summed E-state index contributed by atoms with van der Waals surface area (Å²) in [5.74, 6) is -1.89. The third kappa shape index (κ3) is 4.06. The van der Waals surface area contributed by atoms with Crippen LogP contribution in [0.3, 0.4) is 0 Å². The first-order valence-electron chi connectivity index (χ1n) is 10.9. The molecule has 0 bridgehead atoms. The Morgan fingerprint density at radius 2 is 1.89 bits per heavy atom. The fourth-order valence-electron chi connectivity index (χ4n) is 4.45. The van der Waals surface area contributed by atoms with Crippen molar-refractivity contribution in [2.45, 2.75) is 25.3 Å². The highest BCUT2D eigenvalue weighted by Crippen LogP contribution is 2.37. The minimum atomic E-state index is -4.93. The summed E-state index contributed by atoms with van der Waals surface area (Å²) in [6.07, 6.45) is 1.12. The molecule has 5 rings (SSSR count). The fourth-order valence-corrected chi connectivity index (χ4v) is 4.45. The molecule has 7 nitrogen and oxygen atoms in total. The van der Waals surface area contributed by atoms with Crippen molar-refractivity contribution >= 4 is 16.8 Å². The van der Waals surface area contributed by atoms with Crippen LogP contribution in [0.2, 0.25) is 0 Å². The number of hydrogen-bond donors (Lipinski definition) is 0. The van der Waals surface area contributed by atoms with Gasteiger partial charge in [-0.15, -0.1) is 0 Å². The second-order valence-corrected chi connectivity index (χ2v) is 9.15. The standard InChI is InChI=1S/C24H20F5N5O2/c1-23(26)12-33(13-23)20(35)11-32-6-5-19-21(22(32)36)16(10-34(19)15-8-30-31(2)9-15)14-3-4-18(25)17(7-14)24(27,28)29/h3-10H,11-13H2,1-2H3. The third-order valence-corrected chi connectivity index (χ3v) is 6.18. The number of carbonyl (C=O) groups is 1. The Bertz CT molecular complexity index is 1560. The van der Waals surface area contributed by atoms with Gasteiger partial charge < -0.3 is 14.0 Å². The van der Waals surface area contributed by atoms with E-state index in [4.69, 9.17) is 0 Å². The molecule has 4 heterocycles. The Morgan fingerprint density at radius 3 is 2.50 bits per heavy atom. The maximum Gasteiger partial charge on any atom is 0.419 e. The van der Waals surface area contributed by atoms with Crippen LogP contribution in [-0.4, -0.2) is 48.5 Å². The largest absolute Gasteiger partial charge is 0.419 e. The van der Waals surface area contributed by atoms with Gasteiger partial charge in [0.2, 0.25) is 5.91 Å².